The largest absolute Gasteiger partial charge is 0.481 e. The fourth-order valence-electron chi connectivity index (χ4n) is 3.82. The number of aromatic nitrogens is 1. The van der Waals surface area contributed by atoms with Crippen LogP contribution in [0.5, 0.6) is 5.88 Å². The van der Waals surface area contributed by atoms with Crippen molar-refractivity contribution in [2.24, 2.45) is 0 Å². The number of benzene rings is 1. The molecule has 1 aromatic carbocycles. The van der Waals surface area contributed by atoms with Gasteiger partial charge >= 0.3 is 10.2 Å². The third-order valence-corrected chi connectivity index (χ3v) is 6.86. The van der Waals surface area contributed by atoms with Crippen molar-refractivity contribution < 1.29 is 17.9 Å². The molecule has 0 unspecified atom stereocenters. The lowest BCUT2D eigenvalue weighted by atomic mass is 9.95. The summed E-state index contributed by atoms with van der Waals surface area (Å²) in [5.41, 5.74) is 2.22. The van der Waals surface area contributed by atoms with E-state index < -0.39 is 21.5 Å². The molecule has 0 saturated heterocycles. The Morgan fingerprint density at radius 1 is 1.29 bits per heavy atom. The second-order valence-electron chi connectivity index (χ2n) is 7.39. The van der Waals surface area contributed by atoms with Crippen LogP contribution in [0.25, 0.3) is 0 Å². The first-order valence-electron chi connectivity index (χ1n) is 9.31. The highest BCUT2D eigenvalue weighted by atomic mass is 32.2. The molecule has 1 aliphatic carbocycles. The monoisotopic (exact) mass is 401 g/mol. The lowest BCUT2D eigenvalue weighted by molar-refractivity contribution is -0.121. The zero-order valence-corrected chi connectivity index (χ0v) is 16.8. The van der Waals surface area contributed by atoms with Crippen LogP contribution in [0.2, 0.25) is 0 Å². The number of nitrogens with one attached hydrogen (secondary N) is 1. The molecule has 4 rings (SSSR count). The van der Waals surface area contributed by atoms with E-state index in [-0.39, 0.29) is 0 Å². The number of methoxy groups -OCH3 is 1. The van der Waals surface area contributed by atoms with E-state index in [9.17, 15) is 13.2 Å². The van der Waals surface area contributed by atoms with Gasteiger partial charge in [-0.3, -0.25) is 9.10 Å². The number of carbonyl (C=O) groups is 1. The van der Waals surface area contributed by atoms with E-state index in [1.54, 1.807) is 18.3 Å². The number of hydrogen-bond acceptors (Lipinski definition) is 5. The molecule has 0 radical (unpaired) electrons. The molecule has 1 saturated carbocycles. The van der Waals surface area contributed by atoms with Gasteiger partial charge in [0, 0.05) is 18.3 Å². The Hall–Kier alpha value is -2.61. The summed E-state index contributed by atoms with van der Waals surface area (Å²) in [4.78, 5) is 17.3. The van der Waals surface area contributed by atoms with Crippen molar-refractivity contribution in [2.45, 2.75) is 38.0 Å². The van der Waals surface area contributed by atoms with Crippen LogP contribution in [-0.2, 0) is 26.8 Å². The predicted molar refractivity (Wildman–Crippen MR) is 106 cm³/mol. The van der Waals surface area contributed by atoms with Gasteiger partial charge in [-0.1, -0.05) is 18.2 Å². The number of ether oxygens (including phenoxy) is 1. The molecule has 1 fully saturated rings. The summed E-state index contributed by atoms with van der Waals surface area (Å²) in [7, 11) is -2.51. The predicted octanol–water partition coefficient (Wildman–Crippen LogP) is 2.24. The minimum Gasteiger partial charge on any atom is -0.481 e. The van der Waals surface area contributed by atoms with Crippen LogP contribution in [0.4, 0.5) is 5.69 Å². The third-order valence-electron chi connectivity index (χ3n) is 5.46. The Bertz CT molecular complexity index is 1030. The molecule has 2 aromatic rings. The van der Waals surface area contributed by atoms with E-state index in [1.165, 1.54) is 11.4 Å². The van der Waals surface area contributed by atoms with Crippen molar-refractivity contribution in [1.29, 1.82) is 0 Å². The number of fused-ring (bicyclic) bond motifs is 1. The fraction of sp³-hybridized carbons (Fsp3) is 0.400. The highest BCUT2D eigenvalue weighted by molar-refractivity contribution is 7.91. The molecule has 0 spiro atoms. The van der Waals surface area contributed by atoms with Gasteiger partial charge in [-0.25, -0.2) is 9.71 Å². The van der Waals surface area contributed by atoms with Crippen molar-refractivity contribution in [3.8, 4) is 5.88 Å². The first kappa shape index (κ1) is 18.7. The van der Waals surface area contributed by atoms with Crippen molar-refractivity contribution in [3.63, 3.8) is 0 Å². The zero-order valence-electron chi connectivity index (χ0n) is 15.9. The van der Waals surface area contributed by atoms with Gasteiger partial charge in [0.25, 0.3) is 0 Å². The van der Waals surface area contributed by atoms with Crippen molar-refractivity contribution in [3.05, 3.63) is 53.2 Å². The van der Waals surface area contributed by atoms with Crippen LogP contribution in [-0.4, -0.2) is 33.0 Å². The molecule has 28 heavy (non-hydrogen) atoms. The van der Waals surface area contributed by atoms with Crippen LogP contribution >= 0.6 is 0 Å². The molecule has 148 valence electrons. The van der Waals surface area contributed by atoms with E-state index in [0.717, 1.165) is 17.5 Å². The average Bonchev–Trinajstić information content (AvgIpc) is 3.49. The summed E-state index contributed by atoms with van der Waals surface area (Å²) in [5.74, 6) is -0.166. The fourth-order valence-corrected chi connectivity index (χ4v) is 5.17. The highest BCUT2D eigenvalue weighted by Crippen LogP contribution is 2.51. The number of pyridine rings is 1. The molecule has 2 heterocycles. The van der Waals surface area contributed by atoms with Crippen LogP contribution in [0.3, 0.4) is 0 Å². The number of rotatable bonds is 5. The number of nitrogens with zero attached hydrogens (tertiary/aromatic N) is 2. The van der Waals surface area contributed by atoms with Crippen LogP contribution in [0, 0.1) is 6.92 Å². The number of amides is 1. The van der Waals surface area contributed by atoms with Gasteiger partial charge < -0.3 is 4.74 Å². The lowest BCUT2D eigenvalue weighted by Crippen LogP contribution is -2.48. The number of hydrogen-bond donors (Lipinski definition) is 1. The van der Waals surface area contributed by atoms with E-state index >= 15 is 0 Å². The maximum atomic E-state index is 13.1. The minimum absolute atomic E-state index is 0.349. The summed E-state index contributed by atoms with van der Waals surface area (Å²) in [6.07, 6.45) is 4.33. The highest BCUT2D eigenvalue weighted by Gasteiger charge is 2.54. The molecule has 8 heteroatoms. The zero-order chi connectivity index (χ0) is 19.9. The van der Waals surface area contributed by atoms with Crippen molar-refractivity contribution in [1.82, 2.24) is 9.71 Å². The topological polar surface area (TPSA) is 88.6 Å². The Kier molecular flexibility index (Phi) is 4.53. The molecule has 1 aliphatic heterocycles. The summed E-state index contributed by atoms with van der Waals surface area (Å²) in [6, 6.07) is 9.24. The maximum absolute atomic E-state index is 13.1. The lowest BCUT2D eigenvalue weighted by Gasteiger charge is -2.31. The maximum Gasteiger partial charge on any atom is 0.326 e. The smallest absolute Gasteiger partial charge is 0.326 e. The second kappa shape index (κ2) is 6.77. The minimum atomic E-state index is -4.00. The summed E-state index contributed by atoms with van der Waals surface area (Å²) in [5, 5.41) is 0. The second-order valence-corrected chi connectivity index (χ2v) is 8.99. The van der Waals surface area contributed by atoms with Crippen molar-refractivity contribution >= 4 is 21.8 Å². The molecule has 7 nitrogen and oxygen atoms in total. The Labute approximate surface area is 164 Å². The molecule has 1 amide bonds. The van der Waals surface area contributed by atoms with Gasteiger partial charge in [0.15, 0.2) is 0 Å². The van der Waals surface area contributed by atoms with E-state index in [4.69, 9.17) is 4.74 Å². The average molecular weight is 401 g/mol. The first-order chi connectivity index (χ1) is 13.4. The van der Waals surface area contributed by atoms with Gasteiger partial charge in [0.05, 0.1) is 18.2 Å². The summed E-state index contributed by atoms with van der Waals surface area (Å²) >= 11 is 0. The van der Waals surface area contributed by atoms with Crippen LogP contribution in [0.15, 0.2) is 36.5 Å². The molecule has 0 bridgehead atoms. The van der Waals surface area contributed by atoms with Crippen LogP contribution < -0.4 is 13.8 Å². The summed E-state index contributed by atoms with van der Waals surface area (Å²) in [6.45, 7) is 2.23. The molecule has 0 atom stereocenters. The molecule has 1 N–H and O–H groups in total. The van der Waals surface area contributed by atoms with Gasteiger partial charge in [0.2, 0.25) is 11.8 Å². The third kappa shape index (κ3) is 3.11. The van der Waals surface area contributed by atoms with Gasteiger partial charge in [-0.05, 0) is 55.9 Å². The molecule has 2 aliphatic rings. The van der Waals surface area contributed by atoms with E-state index in [0.29, 0.717) is 42.9 Å². The number of aryl methyl sites for hydroxylation is 2. The standard InChI is InChI=1S/C20H23N3O4S/c1-14-12-16(18(27-2)21-13-14)20(9-10-20)19(24)22-28(25,26)23-11-5-7-15-6-3-4-8-17(15)23/h3-4,6,8,12-13H,5,7,9-11H2,1-2H3,(H,22,24). The van der Waals surface area contributed by atoms with E-state index in [1.807, 2.05) is 25.1 Å². The van der Waals surface area contributed by atoms with Crippen molar-refractivity contribution in [2.75, 3.05) is 18.0 Å². The quantitative estimate of drug-likeness (QED) is 0.830. The molecule has 1 aromatic heterocycles. The molecular weight excluding hydrogens is 378 g/mol. The molecular formula is C20H23N3O4S. The number of carbonyl (C=O) groups excluding carboxylic acids is 1. The SMILES string of the molecule is COc1ncc(C)cc1C1(C(=O)NS(=O)(=O)N2CCCc3ccccc32)CC1. The van der Waals surface area contributed by atoms with E-state index in [2.05, 4.69) is 9.71 Å². The van der Waals surface area contributed by atoms with Gasteiger partial charge in [-0.15, -0.1) is 0 Å². The Balaban J connectivity index is 1.63. The van der Waals surface area contributed by atoms with Gasteiger partial charge in [0.1, 0.15) is 0 Å². The number of anilines is 1. The first-order valence-corrected chi connectivity index (χ1v) is 10.8. The normalized spacial score (nSPS) is 17.6. The Morgan fingerprint density at radius 3 is 2.75 bits per heavy atom. The summed E-state index contributed by atoms with van der Waals surface area (Å²) < 4.78 is 35.0. The number of para-hydroxylation sites is 1. The van der Waals surface area contributed by atoms with Gasteiger partial charge in [-0.2, -0.15) is 8.42 Å². The van der Waals surface area contributed by atoms with Crippen LogP contribution in [0.1, 0.15) is 36.0 Å². The Morgan fingerprint density at radius 2 is 2.04 bits per heavy atom.